The molecular formula is C8H11BrN2OS. The Morgan fingerprint density at radius 2 is 2.46 bits per heavy atom. The van der Waals surface area contributed by atoms with Gasteiger partial charge in [0.1, 0.15) is 4.47 Å². The van der Waals surface area contributed by atoms with E-state index in [1.807, 2.05) is 6.92 Å². The fraction of sp³-hybridized carbons (Fsp3) is 0.500. The van der Waals surface area contributed by atoms with Gasteiger partial charge in [-0.2, -0.15) is 12.6 Å². The Balaban J connectivity index is 2.89. The average molecular weight is 263 g/mol. The first-order valence-corrected chi connectivity index (χ1v) is 5.38. The van der Waals surface area contributed by atoms with Gasteiger partial charge in [0.2, 0.25) is 0 Å². The van der Waals surface area contributed by atoms with E-state index in [4.69, 9.17) is 0 Å². The van der Waals surface area contributed by atoms with Gasteiger partial charge < -0.3 is 0 Å². The maximum absolute atomic E-state index is 11.5. The Hall–Kier alpha value is -0.290. The highest BCUT2D eigenvalue weighted by atomic mass is 79.9. The number of hydrogen-bond donors (Lipinski definition) is 1. The Morgan fingerprint density at radius 3 is 3.08 bits per heavy atom. The van der Waals surface area contributed by atoms with Crippen LogP contribution < -0.4 is 5.56 Å². The lowest BCUT2D eigenvalue weighted by Gasteiger charge is -2.09. The van der Waals surface area contributed by atoms with Gasteiger partial charge in [-0.05, 0) is 27.6 Å². The quantitative estimate of drug-likeness (QED) is 0.840. The molecule has 1 unspecified atom stereocenters. The van der Waals surface area contributed by atoms with Crippen molar-refractivity contribution in [2.24, 2.45) is 5.92 Å². The third-order valence-corrected chi connectivity index (χ3v) is 2.85. The Morgan fingerprint density at radius 1 is 1.77 bits per heavy atom. The van der Waals surface area contributed by atoms with Gasteiger partial charge in [0.15, 0.2) is 0 Å². The molecule has 0 fully saturated rings. The highest BCUT2D eigenvalue weighted by molar-refractivity contribution is 9.10. The highest BCUT2D eigenvalue weighted by Gasteiger charge is 2.04. The number of rotatable bonds is 3. The standard InChI is InChI=1S/C8H11BrN2OS/c1-6(4-13)3-11-5-10-2-7(9)8(11)12/h2,5-6,13H,3-4H2,1H3. The average Bonchev–Trinajstić information content (AvgIpc) is 2.13. The largest absolute Gasteiger partial charge is 0.298 e. The Bertz CT molecular complexity index is 339. The number of nitrogens with zero attached hydrogens (tertiary/aromatic N) is 2. The summed E-state index contributed by atoms with van der Waals surface area (Å²) in [7, 11) is 0. The summed E-state index contributed by atoms with van der Waals surface area (Å²) in [5.41, 5.74) is -0.0383. The summed E-state index contributed by atoms with van der Waals surface area (Å²) < 4.78 is 2.09. The van der Waals surface area contributed by atoms with Crippen molar-refractivity contribution in [1.82, 2.24) is 9.55 Å². The van der Waals surface area contributed by atoms with E-state index in [9.17, 15) is 4.79 Å². The summed E-state index contributed by atoms with van der Waals surface area (Å²) in [6.07, 6.45) is 3.05. The van der Waals surface area contributed by atoms with Gasteiger partial charge >= 0.3 is 0 Å². The predicted octanol–water partition coefficient (Wildman–Crippen LogP) is 1.57. The molecule has 1 heterocycles. The van der Waals surface area contributed by atoms with Gasteiger partial charge in [-0.1, -0.05) is 6.92 Å². The van der Waals surface area contributed by atoms with Crippen LogP contribution in [0.1, 0.15) is 6.92 Å². The zero-order valence-electron chi connectivity index (χ0n) is 7.27. The molecule has 0 N–H and O–H groups in total. The van der Waals surface area contributed by atoms with E-state index in [-0.39, 0.29) is 5.56 Å². The minimum Gasteiger partial charge on any atom is -0.298 e. The summed E-state index contributed by atoms with van der Waals surface area (Å²) in [5, 5.41) is 0. The molecule has 1 rings (SSSR count). The van der Waals surface area contributed by atoms with E-state index in [0.29, 0.717) is 16.9 Å². The minimum atomic E-state index is -0.0383. The zero-order chi connectivity index (χ0) is 9.84. The molecule has 13 heavy (non-hydrogen) atoms. The third-order valence-electron chi connectivity index (χ3n) is 1.68. The lowest BCUT2D eigenvalue weighted by atomic mass is 10.2. The van der Waals surface area contributed by atoms with E-state index in [1.54, 1.807) is 10.9 Å². The van der Waals surface area contributed by atoms with Crippen LogP contribution in [0.25, 0.3) is 0 Å². The topological polar surface area (TPSA) is 34.9 Å². The van der Waals surface area contributed by atoms with Crippen LogP contribution in [0.2, 0.25) is 0 Å². The predicted molar refractivity (Wildman–Crippen MR) is 59.2 cm³/mol. The van der Waals surface area contributed by atoms with Crippen molar-refractivity contribution in [1.29, 1.82) is 0 Å². The first kappa shape index (κ1) is 10.8. The van der Waals surface area contributed by atoms with Crippen LogP contribution in [0.5, 0.6) is 0 Å². The summed E-state index contributed by atoms with van der Waals surface area (Å²) >= 11 is 7.30. The lowest BCUT2D eigenvalue weighted by Crippen LogP contribution is -2.24. The summed E-state index contributed by atoms with van der Waals surface area (Å²) in [4.78, 5) is 15.4. The Labute approximate surface area is 90.7 Å². The summed E-state index contributed by atoms with van der Waals surface area (Å²) in [6.45, 7) is 2.70. The second kappa shape index (κ2) is 4.81. The lowest BCUT2D eigenvalue weighted by molar-refractivity contribution is 0.511. The van der Waals surface area contributed by atoms with Crippen LogP contribution in [0.4, 0.5) is 0 Å². The first-order valence-electron chi connectivity index (χ1n) is 3.96. The van der Waals surface area contributed by atoms with E-state index in [1.165, 1.54) is 6.20 Å². The molecule has 0 aromatic carbocycles. The second-order valence-electron chi connectivity index (χ2n) is 2.99. The van der Waals surface area contributed by atoms with Crippen molar-refractivity contribution >= 4 is 28.6 Å². The van der Waals surface area contributed by atoms with Crippen LogP contribution in [0, 0.1) is 5.92 Å². The molecule has 72 valence electrons. The van der Waals surface area contributed by atoms with Crippen LogP contribution >= 0.6 is 28.6 Å². The fourth-order valence-corrected chi connectivity index (χ4v) is 1.41. The minimum absolute atomic E-state index is 0.0383. The molecule has 0 aliphatic carbocycles. The van der Waals surface area contributed by atoms with Crippen molar-refractivity contribution < 1.29 is 0 Å². The summed E-state index contributed by atoms with van der Waals surface area (Å²) in [5.74, 6) is 1.14. The van der Waals surface area contributed by atoms with Gasteiger partial charge in [-0.3, -0.25) is 9.36 Å². The van der Waals surface area contributed by atoms with E-state index in [0.717, 1.165) is 5.75 Å². The molecule has 0 bridgehead atoms. The number of hydrogen-bond acceptors (Lipinski definition) is 3. The number of aromatic nitrogens is 2. The SMILES string of the molecule is CC(CS)Cn1cncc(Br)c1=O. The van der Waals surface area contributed by atoms with Crippen molar-refractivity contribution in [2.75, 3.05) is 5.75 Å². The normalized spacial score (nSPS) is 12.8. The fourth-order valence-electron chi connectivity index (χ4n) is 0.948. The van der Waals surface area contributed by atoms with Crippen molar-refractivity contribution in [3.8, 4) is 0 Å². The molecule has 1 atom stereocenters. The monoisotopic (exact) mass is 262 g/mol. The second-order valence-corrected chi connectivity index (χ2v) is 4.21. The number of halogens is 1. The first-order chi connectivity index (χ1) is 6.15. The van der Waals surface area contributed by atoms with Gasteiger partial charge in [-0.25, -0.2) is 4.98 Å². The van der Waals surface area contributed by atoms with Crippen LogP contribution in [0.15, 0.2) is 21.8 Å². The van der Waals surface area contributed by atoms with Gasteiger partial charge in [-0.15, -0.1) is 0 Å². The highest BCUT2D eigenvalue weighted by Crippen LogP contribution is 2.02. The van der Waals surface area contributed by atoms with Gasteiger partial charge in [0.25, 0.3) is 5.56 Å². The van der Waals surface area contributed by atoms with E-state index in [2.05, 4.69) is 33.5 Å². The van der Waals surface area contributed by atoms with E-state index >= 15 is 0 Å². The van der Waals surface area contributed by atoms with Crippen molar-refractivity contribution in [3.63, 3.8) is 0 Å². The molecule has 0 radical (unpaired) electrons. The van der Waals surface area contributed by atoms with E-state index < -0.39 is 0 Å². The maximum Gasteiger partial charge on any atom is 0.267 e. The molecule has 0 spiro atoms. The van der Waals surface area contributed by atoms with Crippen LogP contribution in [-0.4, -0.2) is 15.3 Å². The van der Waals surface area contributed by atoms with Crippen LogP contribution in [0.3, 0.4) is 0 Å². The van der Waals surface area contributed by atoms with Crippen molar-refractivity contribution in [2.45, 2.75) is 13.5 Å². The molecule has 0 amide bonds. The molecule has 1 aromatic rings. The van der Waals surface area contributed by atoms with Crippen LogP contribution in [-0.2, 0) is 6.54 Å². The molecule has 1 aromatic heterocycles. The van der Waals surface area contributed by atoms with Gasteiger partial charge in [0.05, 0.1) is 6.33 Å². The Kier molecular flexibility index (Phi) is 3.99. The molecule has 3 nitrogen and oxygen atoms in total. The van der Waals surface area contributed by atoms with Crippen molar-refractivity contribution in [3.05, 3.63) is 27.4 Å². The smallest absolute Gasteiger partial charge is 0.267 e. The molecule has 0 aliphatic rings. The molecule has 0 saturated heterocycles. The number of thiol groups is 1. The zero-order valence-corrected chi connectivity index (χ0v) is 9.75. The molecular weight excluding hydrogens is 252 g/mol. The maximum atomic E-state index is 11.5. The summed E-state index contributed by atoms with van der Waals surface area (Å²) in [6, 6.07) is 0. The molecule has 0 aliphatic heterocycles. The van der Waals surface area contributed by atoms with Gasteiger partial charge in [0, 0.05) is 12.7 Å². The third kappa shape index (κ3) is 2.84. The molecule has 5 heteroatoms. The molecule has 0 saturated carbocycles.